The first kappa shape index (κ1) is 16.4. The highest BCUT2D eigenvalue weighted by Gasteiger charge is 2.25. The Hall–Kier alpha value is -1.00. The van der Waals surface area contributed by atoms with Crippen molar-refractivity contribution in [3.8, 4) is 0 Å². The van der Waals surface area contributed by atoms with Crippen LogP contribution in [0.5, 0.6) is 0 Å². The summed E-state index contributed by atoms with van der Waals surface area (Å²) in [5, 5.41) is 10.5. The molecule has 2 heterocycles. The molecule has 0 aliphatic carbocycles. The Kier molecular flexibility index (Phi) is 5.71. The average molecular weight is 334 g/mol. The normalized spacial score (nSPS) is 18.5. The summed E-state index contributed by atoms with van der Waals surface area (Å²) < 4.78 is 31.0. The van der Waals surface area contributed by atoms with E-state index in [-0.39, 0.29) is 12.6 Å². The third kappa shape index (κ3) is 5.04. The van der Waals surface area contributed by atoms with E-state index >= 15 is 0 Å². The van der Waals surface area contributed by atoms with Crippen LogP contribution in [0.4, 0.5) is 0 Å². The predicted octanol–water partition coefficient (Wildman–Crippen LogP) is 0.125. The second-order valence-corrected chi connectivity index (χ2v) is 7.47. The van der Waals surface area contributed by atoms with Crippen molar-refractivity contribution in [1.82, 2.24) is 9.62 Å². The van der Waals surface area contributed by atoms with Crippen LogP contribution in [0.1, 0.15) is 10.9 Å². The minimum Gasteiger partial charge on any atom is -0.480 e. The number of carbonyl (C=O) groups is 1. The van der Waals surface area contributed by atoms with Crippen LogP contribution in [0.2, 0.25) is 0 Å². The van der Waals surface area contributed by atoms with Gasteiger partial charge < -0.3 is 9.84 Å². The molecule has 0 spiro atoms. The molecule has 21 heavy (non-hydrogen) atoms. The van der Waals surface area contributed by atoms with Gasteiger partial charge in [0.15, 0.2) is 5.75 Å². The first-order valence-electron chi connectivity index (χ1n) is 6.52. The third-order valence-corrected chi connectivity index (χ3v) is 5.38. The maximum Gasteiger partial charge on any atom is 0.320 e. The molecule has 2 rings (SSSR count). The highest BCUT2D eigenvalue weighted by atomic mass is 32.2. The third-order valence-electron chi connectivity index (χ3n) is 3.17. The summed E-state index contributed by atoms with van der Waals surface area (Å²) in [7, 11) is -3.81. The molecule has 9 heteroatoms. The molecular weight excluding hydrogens is 316 g/mol. The lowest BCUT2D eigenvalue weighted by molar-refractivity contribution is -0.134. The molecule has 1 aromatic heterocycles. The van der Waals surface area contributed by atoms with E-state index in [0.717, 1.165) is 18.0 Å². The summed E-state index contributed by atoms with van der Waals surface area (Å²) in [6.07, 6.45) is 0. The Bertz CT molecular complexity index is 552. The molecule has 1 atom stereocenters. The average Bonchev–Trinajstić information content (AvgIpc) is 2.92. The molecule has 118 valence electrons. The lowest BCUT2D eigenvalue weighted by atomic mass is 10.2. The number of rotatable bonds is 7. The van der Waals surface area contributed by atoms with Gasteiger partial charge in [-0.1, -0.05) is 6.07 Å². The van der Waals surface area contributed by atoms with E-state index in [1.54, 1.807) is 11.3 Å². The minimum absolute atomic E-state index is 0.0996. The minimum atomic E-state index is -3.81. The van der Waals surface area contributed by atoms with Crippen molar-refractivity contribution >= 4 is 27.3 Å². The van der Waals surface area contributed by atoms with Gasteiger partial charge in [0.2, 0.25) is 10.0 Å². The van der Waals surface area contributed by atoms with Crippen molar-refractivity contribution in [3.63, 3.8) is 0 Å². The van der Waals surface area contributed by atoms with Crippen molar-refractivity contribution in [2.24, 2.45) is 0 Å². The zero-order valence-electron chi connectivity index (χ0n) is 11.4. The van der Waals surface area contributed by atoms with Crippen LogP contribution in [-0.2, 0) is 19.6 Å². The van der Waals surface area contributed by atoms with Gasteiger partial charge in [-0.15, -0.1) is 11.3 Å². The Morgan fingerprint density at radius 1 is 1.48 bits per heavy atom. The molecular formula is C12H18N2O5S2. The number of thiophene rings is 1. The number of carboxylic acids is 1. The fourth-order valence-electron chi connectivity index (χ4n) is 2.20. The van der Waals surface area contributed by atoms with Crippen LogP contribution in [0.25, 0.3) is 0 Å². The largest absolute Gasteiger partial charge is 0.480 e. The number of hydrogen-bond donors (Lipinski definition) is 2. The smallest absolute Gasteiger partial charge is 0.320 e. The van der Waals surface area contributed by atoms with Crippen LogP contribution in [0, 0.1) is 0 Å². The predicted molar refractivity (Wildman–Crippen MR) is 78.9 cm³/mol. The molecule has 0 radical (unpaired) electrons. The summed E-state index contributed by atoms with van der Waals surface area (Å²) in [6, 6.07) is 3.77. The molecule has 1 fully saturated rings. The molecule has 1 unspecified atom stereocenters. The van der Waals surface area contributed by atoms with Gasteiger partial charge >= 0.3 is 5.97 Å². The van der Waals surface area contributed by atoms with Gasteiger partial charge in [-0.3, -0.25) is 9.69 Å². The number of nitrogens with zero attached hydrogens (tertiary/aromatic N) is 1. The van der Waals surface area contributed by atoms with Crippen molar-refractivity contribution in [2.45, 2.75) is 6.04 Å². The van der Waals surface area contributed by atoms with E-state index in [2.05, 4.69) is 9.62 Å². The van der Waals surface area contributed by atoms with Crippen molar-refractivity contribution < 1.29 is 23.1 Å². The zero-order valence-corrected chi connectivity index (χ0v) is 13.0. The Labute approximate surface area is 127 Å². The van der Waals surface area contributed by atoms with Crippen LogP contribution < -0.4 is 4.72 Å². The lowest BCUT2D eigenvalue weighted by Gasteiger charge is -2.34. The lowest BCUT2D eigenvalue weighted by Crippen LogP contribution is -2.44. The summed E-state index contributed by atoms with van der Waals surface area (Å²) in [4.78, 5) is 13.7. The van der Waals surface area contributed by atoms with Crippen LogP contribution in [-0.4, -0.2) is 63.0 Å². The van der Waals surface area contributed by atoms with Crippen LogP contribution in [0.15, 0.2) is 17.5 Å². The SMILES string of the molecule is O=C(O)CS(=O)(=O)NCC(c1cccs1)N1CCOCC1. The molecule has 1 aliphatic rings. The fraction of sp³-hybridized carbons (Fsp3) is 0.583. The molecule has 0 saturated carbocycles. The molecule has 0 amide bonds. The van der Waals surface area contributed by atoms with Gasteiger partial charge in [0.1, 0.15) is 0 Å². The van der Waals surface area contributed by atoms with E-state index in [4.69, 9.17) is 9.84 Å². The number of carboxylic acid groups (broad SMARTS) is 1. The second-order valence-electron chi connectivity index (χ2n) is 4.68. The summed E-state index contributed by atoms with van der Waals surface area (Å²) in [5.41, 5.74) is 0. The second kappa shape index (κ2) is 7.32. The van der Waals surface area contributed by atoms with E-state index in [9.17, 15) is 13.2 Å². The van der Waals surface area contributed by atoms with Crippen molar-refractivity contribution in [3.05, 3.63) is 22.4 Å². The fourth-order valence-corrected chi connectivity index (χ4v) is 3.90. The van der Waals surface area contributed by atoms with E-state index in [0.29, 0.717) is 13.2 Å². The van der Waals surface area contributed by atoms with Crippen LogP contribution >= 0.6 is 11.3 Å². The topological polar surface area (TPSA) is 95.9 Å². The summed E-state index contributed by atoms with van der Waals surface area (Å²) >= 11 is 1.56. The highest BCUT2D eigenvalue weighted by Crippen LogP contribution is 2.25. The molecule has 1 saturated heterocycles. The molecule has 1 aromatic rings. The summed E-state index contributed by atoms with van der Waals surface area (Å²) in [5.74, 6) is -2.27. The molecule has 1 aliphatic heterocycles. The zero-order chi connectivity index (χ0) is 15.3. The number of morpholine rings is 1. The monoisotopic (exact) mass is 334 g/mol. The Balaban J connectivity index is 2.04. The maximum atomic E-state index is 11.7. The Morgan fingerprint density at radius 3 is 2.76 bits per heavy atom. The van der Waals surface area contributed by atoms with Gasteiger partial charge in [-0.2, -0.15) is 0 Å². The van der Waals surface area contributed by atoms with E-state index < -0.39 is 21.7 Å². The standard InChI is InChI=1S/C12H18N2O5S2/c15-12(16)9-21(17,18)13-8-10(11-2-1-7-20-11)14-3-5-19-6-4-14/h1-2,7,10,13H,3-6,8-9H2,(H,15,16). The molecule has 7 nitrogen and oxygen atoms in total. The Morgan fingerprint density at radius 2 is 2.19 bits per heavy atom. The number of hydrogen-bond acceptors (Lipinski definition) is 6. The van der Waals surface area contributed by atoms with Gasteiger partial charge in [-0.25, -0.2) is 13.1 Å². The van der Waals surface area contributed by atoms with Crippen molar-refractivity contribution in [1.29, 1.82) is 0 Å². The maximum absolute atomic E-state index is 11.7. The highest BCUT2D eigenvalue weighted by molar-refractivity contribution is 7.90. The number of ether oxygens (including phenoxy) is 1. The quantitative estimate of drug-likeness (QED) is 0.736. The van der Waals surface area contributed by atoms with Crippen LogP contribution in [0.3, 0.4) is 0 Å². The van der Waals surface area contributed by atoms with Gasteiger partial charge in [0, 0.05) is 24.5 Å². The van der Waals surface area contributed by atoms with Gasteiger partial charge in [0.05, 0.1) is 19.3 Å². The summed E-state index contributed by atoms with van der Waals surface area (Å²) in [6.45, 7) is 2.84. The number of nitrogens with one attached hydrogen (secondary N) is 1. The molecule has 0 bridgehead atoms. The van der Waals surface area contributed by atoms with Crippen molar-refractivity contribution in [2.75, 3.05) is 38.6 Å². The van der Waals surface area contributed by atoms with E-state index in [1.165, 1.54) is 0 Å². The first-order valence-corrected chi connectivity index (χ1v) is 9.05. The van der Waals surface area contributed by atoms with E-state index in [1.807, 2.05) is 17.5 Å². The van der Waals surface area contributed by atoms with Gasteiger partial charge in [-0.05, 0) is 11.4 Å². The van der Waals surface area contributed by atoms with Gasteiger partial charge in [0.25, 0.3) is 0 Å². The number of aliphatic carboxylic acids is 1. The molecule has 0 aromatic carbocycles. The first-order chi connectivity index (χ1) is 9.98. The number of sulfonamides is 1. The molecule has 2 N–H and O–H groups in total.